The van der Waals surface area contributed by atoms with Gasteiger partial charge in [0.25, 0.3) is 5.56 Å². The van der Waals surface area contributed by atoms with Crippen LogP contribution >= 0.6 is 11.8 Å². The average molecular weight is 394 g/mol. The Bertz CT molecular complexity index is 1040. The van der Waals surface area contributed by atoms with Crippen LogP contribution < -0.4 is 5.56 Å². The number of amides is 1. The van der Waals surface area contributed by atoms with Crippen molar-refractivity contribution in [2.24, 2.45) is 0 Å². The van der Waals surface area contributed by atoms with E-state index in [1.165, 1.54) is 11.8 Å². The van der Waals surface area contributed by atoms with Gasteiger partial charge in [-0.25, -0.2) is 4.98 Å². The lowest BCUT2D eigenvalue weighted by molar-refractivity contribution is -0.128. The first kappa shape index (κ1) is 18.7. The normalized spacial score (nSPS) is 13.6. The number of thioether (sulfide) groups is 1. The topological polar surface area (TPSA) is 55.2 Å². The van der Waals surface area contributed by atoms with E-state index in [9.17, 15) is 9.59 Å². The lowest BCUT2D eigenvalue weighted by Gasteiger charge is -2.20. The van der Waals surface area contributed by atoms with Crippen LogP contribution in [0, 0.1) is 0 Å². The maximum Gasteiger partial charge on any atom is 0.262 e. The first-order valence-corrected chi connectivity index (χ1v) is 10.6. The zero-order valence-corrected chi connectivity index (χ0v) is 16.7. The van der Waals surface area contributed by atoms with Crippen LogP contribution in [0.1, 0.15) is 25.3 Å². The zero-order chi connectivity index (χ0) is 19.5. The fraction of sp³-hybridized carbons (Fsp3) is 0.318. The largest absolute Gasteiger partial charge is 0.339 e. The quantitative estimate of drug-likeness (QED) is 0.455. The Hall–Kier alpha value is -2.60. The van der Waals surface area contributed by atoms with Crippen molar-refractivity contribution in [2.45, 2.75) is 37.5 Å². The Morgan fingerprint density at radius 1 is 1.14 bits per heavy atom. The molecule has 5 nitrogen and oxygen atoms in total. The van der Waals surface area contributed by atoms with Gasteiger partial charge in [0.2, 0.25) is 5.91 Å². The summed E-state index contributed by atoms with van der Waals surface area (Å²) in [6, 6.07) is 17.6. The van der Waals surface area contributed by atoms with Gasteiger partial charge in [-0.2, -0.15) is 0 Å². The third kappa shape index (κ3) is 3.97. The molecule has 1 aliphatic carbocycles. The molecule has 0 aliphatic heterocycles. The van der Waals surface area contributed by atoms with E-state index in [0.717, 1.165) is 24.9 Å². The van der Waals surface area contributed by atoms with E-state index < -0.39 is 0 Å². The van der Waals surface area contributed by atoms with Gasteiger partial charge in [-0.15, -0.1) is 0 Å². The smallest absolute Gasteiger partial charge is 0.262 e. The zero-order valence-electron chi connectivity index (χ0n) is 15.9. The summed E-state index contributed by atoms with van der Waals surface area (Å²) in [7, 11) is 0. The number of rotatable bonds is 7. The lowest BCUT2D eigenvalue weighted by atomic mass is 10.2. The van der Waals surface area contributed by atoms with Gasteiger partial charge in [0, 0.05) is 12.6 Å². The van der Waals surface area contributed by atoms with E-state index in [1.807, 2.05) is 60.4 Å². The predicted octanol–water partition coefficient (Wildman–Crippen LogP) is 3.55. The molecule has 1 aliphatic rings. The summed E-state index contributed by atoms with van der Waals surface area (Å²) in [5.74, 6) is 0.410. The van der Waals surface area contributed by atoms with Gasteiger partial charge in [-0.1, -0.05) is 54.2 Å². The van der Waals surface area contributed by atoms with E-state index in [0.29, 0.717) is 34.4 Å². The molecular weight excluding hydrogens is 370 g/mol. The van der Waals surface area contributed by atoms with Crippen molar-refractivity contribution in [2.75, 3.05) is 12.3 Å². The van der Waals surface area contributed by atoms with Crippen LogP contribution in [0.4, 0.5) is 0 Å². The van der Waals surface area contributed by atoms with Crippen molar-refractivity contribution >= 4 is 28.6 Å². The molecule has 6 heteroatoms. The van der Waals surface area contributed by atoms with E-state index in [4.69, 9.17) is 4.98 Å². The van der Waals surface area contributed by atoms with Gasteiger partial charge < -0.3 is 4.90 Å². The molecule has 4 rings (SSSR count). The summed E-state index contributed by atoms with van der Waals surface area (Å²) in [4.78, 5) is 32.4. The maximum absolute atomic E-state index is 13.1. The molecule has 1 heterocycles. The van der Waals surface area contributed by atoms with Gasteiger partial charge in [0.1, 0.15) is 0 Å². The fourth-order valence-corrected chi connectivity index (χ4v) is 4.28. The second kappa shape index (κ2) is 8.19. The molecule has 28 heavy (non-hydrogen) atoms. The summed E-state index contributed by atoms with van der Waals surface area (Å²) < 4.78 is 1.68. The van der Waals surface area contributed by atoms with E-state index >= 15 is 0 Å². The van der Waals surface area contributed by atoms with Crippen LogP contribution in [-0.2, 0) is 11.3 Å². The molecule has 0 spiro atoms. The number of carbonyl (C=O) groups excluding carboxylic acids is 1. The summed E-state index contributed by atoms with van der Waals surface area (Å²) in [5.41, 5.74) is 1.63. The molecule has 1 saturated carbocycles. The minimum absolute atomic E-state index is 0.0704. The Kier molecular flexibility index (Phi) is 5.48. The second-order valence-electron chi connectivity index (χ2n) is 6.99. The highest BCUT2D eigenvalue weighted by Crippen LogP contribution is 2.28. The van der Waals surface area contributed by atoms with E-state index in [1.54, 1.807) is 10.6 Å². The van der Waals surface area contributed by atoms with Gasteiger partial charge in [-0.3, -0.25) is 14.2 Å². The predicted molar refractivity (Wildman–Crippen MR) is 113 cm³/mol. The van der Waals surface area contributed by atoms with Crippen LogP contribution in [-0.4, -0.2) is 38.7 Å². The molecule has 1 fully saturated rings. The van der Waals surface area contributed by atoms with E-state index in [-0.39, 0.29) is 11.5 Å². The molecule has 0 radical (unpaired) electrons. The number of carbonyl (C=O) groups is 1. The minimum Gasteiger partial charge on any atom is -0.339 e. The van der Waals surface area contributed by atoms with Crippen LogP contribution in [0.5, 0.6) is 0 Å². The number of hydrogen-bond donors (Lipinski definition) is 0. The fourth-order valence-electron chi connectivity index (χ4n) is 3.40. The summed E-state index contributed by atoms with van der Waals surface area (Å²) in [5, 5.41) is 1.19. The third-order valence-corrected chi connectivity index (χ3v) is 5.94. The first-order valence-electron chi connectivity index (χ1n) is 9.63. The van der Waals surface area contributed by atoms with Crippen molar-refractivity contribution < 1.29 is 4.79 Å². The number of nitrogens with zero attached hydrogens (tertiary/aromatic N) is 3. The molecule has 0 atom stereocenters. The van der Waals surface area contributed by atoms with Gasteiger partial charge in [0.15, 0.2) is 5.16 Å². The SMILES string of the molecule is CCN(C(=O)CSc1nc2ccccc2c(=O)n1Cc1ccccc1)C1CC1. The van der Waals surface area contributed by atoms with Gasteiger partial charge >= 0.3 is 0 Å². The molecule has 0 N–H and O–H groups in total. The average Bonchev–Trinajstić information content (AvgIpc) is 3.55. The number of fused-ring (bicyclic) bond motifs is 1. The molecule has 0 saturated heterocycles. The number of para-hydroxylation sites is 1. The Balaban J connectivity index is 1.66. The Morgan fingerprint density at radius 3 is 2.57 bits per heavy atom. The summed E-state index contributed by atoms with van der Waals surface area (Å²) in [6.45, 7) is 3.18. The van der Waals surface area contributed by atoms with Crippen molar-refractivity contribution in [3.63, 3.8) is 0 Å². The highest BCUT2D eigenvalue weighted by Gasteiger charge is 2.31. The number of benzene rings is 2. The second-order valence-corrected chi connectivity index (χ2v) is 7.93. The molecule has 0 unspecified atom stereocenters. The van der Waals surface area contributed by atoms with Crippen molar-refractivity contribution in [1.29, 1.82) is 0 Å². The monoisotopic (exact) mass is 393 g/mol. The van der Waals surface area contributed by atoms with Crippen LogP contribution in [0.3, 0.4) is 0 Å². The van der Waals surface area contributed by atoms with Crippen molar-refractivity contribution in [3.05, 3.63) is 70.5 Å². The molecule has 1 amide bonds. The number of aromatic nitrogens is 2. The van der Waals surface area contributed by atoms with Gasteiger partial charge in [0.05, 0.1) is 23.2 Å². The molecule has 144 valence electrons. The standard InChI is InChI=1S/C22H23N3O2S/c1-2-24(17-12-13-17)20(26)15-28-22-23-19-11-7-6-10-18(19)21(27)25(22)14-16-8-4-3-5-9-16/h3-11,17H,2,12-15H2,1H3. The highest BCUT2D eigenvalue weighted by molar-refractivity contribution is 7.99. The van der Waals surface area contributed by atoms with Crippen molar-refractivity contribution in [3.8, 4) is 0 Å². The van der Waals surface area contributed by atoms with Crippen LogP contribution in [0.15, 0.2) is 64.5 Å². The summed E-state index contributed by atoms with van der Waals surface area (Å²) >= 11 is 1.35. The van der Waals surface area contributed by atoms with Gasteiger partial charge in [-0.05, 0) is 37.5 Å². The van der Waals surface area contributed by atoms with Crippen molar-refractivity contribution in [1.82, 2.24) is 14.5 Å². The maximum atomic E-state index is 13.1. The first-order chi connectivity index (χ1) is 13.7. The minimum atomic E-state index is -0.0704. The van der Waals surface area contributed by atoms with Crippen LogP contribution in [0.25, 0.3) is 10.9 Å². The molecule has 0 bridgehead atoms. The lowest BCUT2D eigenvalue weighted by Crippen LogP contribution is -2.34. The van der Waals surface area contributed by atoms with E-state index in [2.05, 4.69) is 0 Å². The molecule has 1 aromatic heterocycles. The third-order valence-electron chi connectivity index (χ3n) is 4.98. The number of hydrogen-bond acceptors (Lipinski definition) is 4. The Morgan fingerprint density at radius 2 is 1.86 bits per heavy atom. The molecular formula is C22H23N3O2S. The summed E-state index contributed by atoms with van der Waals surface area (Å²) in [6.07, 6.45) is 2.19. The molecule has 3 aromatic rings. The molecule has 2 aromatic carbocycles. The Labute approximate surface area is 168 Å². The highest BCUT2D eigenvalue weighted by atomic mass is 32.2. The van der Waals surface area contributed by atoms with Crippen LogP contribution in [0.2, 0.25) is 0 Å².